The summed E-state index contributed by atoms with van der Waals surface area (Å²) in [6.45, 7) is 0.892. The molecular formula is C17H26N2. The molecule has 0 aromatic heterocycles. The predicted molar refractivity (Wildman–Crippen MR) is 81.6 cm³/mol. The van der Waals surface area contributed by atoms with E-state index in [9.17, 15) is 0 Å². The minimum Gasteiger partial charge on any atom is -0.378 e. The zero-order chi connectivity index (χ0) is 13.5. The molecule has 4 rings (SSSR count). The fraction of sp³-hybridized carbons (Fsp3) is 0.647. The van der Waals surface area contributed by atoms with Gasteiger partial charge in [0, 0.05) is 19.8 Å². The maximum Gasteiger partial charge on any atom is 0.0361 e. The number of fused-ring (bicyclic) bond motifs is 3. The van der Waals surface area contributed by atoms with E-state index in [2.05, 4.69) is 43.3 Å². The van der Waals surface area contributed by atoms with Crippen LogP contribution in [0.5, 0.6) is 0 Å². The molecule has 1 aromatic rings. The number of rotatable bonds is 3. The number of nitrogens with two attached hydrogens (primary N) is 1. The van der Waals surface area contributed by atoms with Gasteiger partial charge in [0.1, 0.15) is 0 Å². The van der Waals surface area contributed by atoms with Crippen molar-refractivity contribution in [3.63, 3.8) is 0 Å². The fourth-order valence-corrected chi connectivity index (χ4v) is 4.12. The van der Waals surface area contributed by atoms with E-state index < -0.39 is 0 Å². The van der Waals surface area contributed by atoms with E-state index in [4.69, 9.17) is 5.73 Å². The lowest BCUT2D eigenvalue weighted by Crippen LogP contribution is -2.47. The highest BCUT2D eigenvalue weighted by atomic mass is 15.1. The lowest BCUT2D eigenvalue weighted by atomic mass is 9.52. The van der Waals surface area contributed by atoms with Gasteiger partial charge >= 0.3 is 0 Å². The minimum atomic E-state index is 0.460. The first kappa shape index (κ1) is 13.0. The van der Waals surface area contributed by atoms with E-state index >= 15 is 0 Å². The summed E-state index contributed by atoms with van der Waals surface area (Å²) in [5.41, 5.74) is 9.81. The predicted octanol–water partition coefficient (Wildman–Crippen LogP) is 3.30. The average molecular weight is 258 g/mol. The molecule has 0 radical (unpaired) electrons. The smallest absolute Gasteiger partial charge is 0.0361 e. The molecule has 19 heavy (non-hydrogen) atoms. The van der Waals surface area contributed by atoms with E-state index in [0.717, 1.165) is 6.54 Å². The lowest BCUT2D eigenvalue weighted by Gasteiger charge is -2.53. The molecule has 0 aliphatic heterocycles. The van der Waals surface area contributed by atoms with E-state index in [1.54, 1.807) is 5.56 Å². The first-order chi connectivity index (χ1) is 9.09. The van der Waals surface area contributed by atoms with Crippen molar-refractivity contribution in [1.82, 2.24) is 0 Å². The van der Waals surface area contributed by atoms with Crippen molar-refractivity contribution in [1.29, 1.82) is 0 Å². The molecule has 0 saturated heterocycles. The highest BCUT2D eigenvalue weighted by Gasteiger charge is 2.48. The van der Waals surface area contributed by atoms with Gasteiger partial charge in [-0.3, -0.25) is 0 Å². The Kier molecular flexibility index (Phi) is 3.09. The van der Waals surface area contributed by atoms with Crippen molar-refractivity contribution in [3.8, 4) is 0 Å². The molecule has 3 saturated carbocycles. The molecule has 0 amide bonds. The van der Waals surface area contributed by atoms with Crippen LogP contribution in [0.1, 0.15) is 44.1 Å². The van der Waals surface area contributed by atoms with Crippen molar-refractivity contribution < 1.29 is 0 Å². The number of benzene rings is 1. The molecule has 3 aliphatic rings. The fourth-order valence-electron chi connectivity index (χ4n) is 4.12. The Morgan fingerprint density at radius 2 is 1.47 bits per heavy atom. The molecular weight excluding hydrogens is 232 g/mol. The molecule has 0 atom stereocenters. The van der Waals surface area contributed by atoms with E-state index in [1.165, 1.54) is 44.2 Å². The van der Waals surface area contributed by atoms with Crippen LogP contribution in [0, 0.1) is 5.41 Å². The Hall–Kier alpha value is -1.02. The largest absolute Gasteiger partial charge is 0.378 e. The van der Waals surface area contributed by atoms with Gasteiger partial charge in [0.2, 0.25) is 0 Å². The minimum absolute atomic E-state index is 0.460. The van der Waals surface area contributed by atoms with Gasteiger partial charge in [0.05, 0.1) is 0 Å². The Morgan fingerprint density at radius 1 is 0.947 bits per heavy atom. The van der Waals surface area contributed by atoms with Gasteiger partial charge in [0.15, 0.2) is 0 Å². The average Bonchev–Trinajstić information content (AvgIpc) is 2.49. The number of anilines is 1. The molecule has 0 spiro atoms. The van der Waals surface area contributed by atoms with Gasteiger partial charge in [-0.15, -0.1) is 0 Å². The Morgan fingerprint density at radius 3 is 1.89 bits per heavy atom. The van der Waals surface area contributed by atoms with Gasteiger partial charge < -0.3 is 10.6 Å². The topological polar surface area (TPSA) is 29.3 Å². The summed E-state index contributed by atoms with van der Waals surface area (Å²) in [5.74, 6) is 0. The van der Waals surface area contributed by atoms with Crippen molar-refractivity contribution in [2.45, 2.75) is 43.9 Å². The van der Waals surface area contributed by atoms with Crippen LogP contribution in [0.25, 0.3) is 0 Å². The number of nitrogens with zero attached hydrogens (tertiary/aromatic N) is 1. The van der Waals surface area contributed by atoms with Crippen molar-refractivity contribution in [3.05, 3.63) is 29.8 Å². The normalized spacial score (nSPS) is 33.4. The van der Waals surface area contributed by atoms with Gasteiger partial charge in [0.25, 0.3) is 0 Å². The van der Waals surface area contributed by atoms with Crippen LogP contribution >= 0.6 is 0 Å². The second-order valence-corrected chi connectivity index (χ2v) is 6.93. The van der Waals surface area contributed by atoms with Crippen LogP contribution in [0.15, 0.2) is 24.3 Å². The summed E-state index contributed by atoms with van der Waals surface area (Å²) in [5, 5.41) is 0. The molecule has 104 valence electrons. The summed E-state index contributed by atoms with van der Waals surface area (Å²) in [6, 6.07) is 9.25. The molecule has 0 unspecified atom stereocenters. The van der Waals surface area contributed by atoms with Crippen LogP contribution < -0.4 is 10.6 Å². The lowest BCUT2D eigenvalue weighted by molar-refractivity contribution is 0.0472. The second-order valence-electron chi connectivity index (χ2n) is 6.93. The van der Waals surface area contributed by atoms with Gasteiger partial charge in [-0.1, -0.05) is 12.1 Å². The Labute approximate surface area is 117 Å². The van der Waals surface area contributed by atoms with Crippen LogP contribution in [-0.4, -0.2) is 20.6 Å². The molecule has 2 nitrogen and oxygen atoms in total. The third-order valence-electron chi connectivity index (χ3n) is 5.83. The van der Waals surface area contributed by atoms with E-state index in [-0.39, 0.29) is 0 Å². The second kappa shape index (κ2) is 4.52. The molecule has 3 fully saturated rings. The highest BCUT2D eigenvalue weighted by Crippen LogP contribution is 2.57. The SMILES string of the molecule is CN(C)c1ccc(C23CCC(CN)(CC2)CC3)cc1. The van der Waals surface area contributed by atoms with Crippen LogP contribution in [0.3, 0.4) is 0 Å². The molecule has 1 aromatic carbocycles. The van der Waals surface area contributed by atoms with Crippen molar-refractivity contribution in [2.75, 3.05) is 25.5 Å². The summed E-state index contributed by atoms with van der Waals surface area (Å²) in [6.07, 6.45) is 8.01. The van der Waals surface area contributed by atoms with Crippen LogP contribution in [0.4, 0.5) is 5.69 Å². The van der Waals surface area contributed by atoms with Crippen molar-refractivity contribution >= 4 is 5.69 Å². The van der Waals surface area contributed by atoms with Gasteiger partial charge in [-0.2, -0.15) is 0 Å². The molecule has 0 heterocycles. The third kappa shape index (κ3) is 2.06. The molecule has 2 heteroatoms. The summed E-state index contributed by atoms with van der Waals surface area (Å²) in [7, 11) is 4.20. The quantitative estimate of drug-likeness (QED) is 0.901. The van der Waals surface area contributed by atoms with E-state index in [1.807, 2.05) is 0 Å². The maximum atomic E-state index is 6.00. The molecule has 2 bridgehead atoms. The monoisotopic (exact) mass is 258 g/mol. The summed E-state index contributed by atoms with van der Waals surface area (Å²) in [4.78, 5) is 2.17. The summed E-state index contributed by atoms with van der Waals surface area (Å²) >= 11 is 0. The van der Waals surface area contributed by atoms with Crippen molar-refractivity contribution in [2.24, 2.45) is 11.1 Å². The number of hydrogen-bond acceptors (Lipinski definition) is 2. The van der Waals surface area contributed by atoms with Gasteiger partial charge in [-0.05, 0) is 73.6 Å². The third-order valence-corrected chi connectivity index (χ3v) is 5.83. The van der Waals surface area contributed by atoms with Gasteiger partial charge in [-0.25, -0.2) is 0 Å². The molecule has 2 N–H and O–H groups in total. The maximum absolute atomic E-state index is 6.00. The first-order valence-electron chi connectivity index (χ1n) is 7.57. The molecule has 3 aliphatic carbocycles. The zero-order valence-corrected chi connectivity index (χ0v) is 12.3. The first-order valence-corrected chi connectivity index (χ1v) is 7.57. The Bertz CT molecular complexity index is 422. The van der Waals surface area contributed by atoms with E-state index in [0.29, 0.717) is 10.8 Å². The highest BCUT2D eigenvalue weighted by molar-refractivity contribution is 5.47. The Balaban J connectivity index is 1.83. The summed E-state index contributed by atoms with van der Waals surface area (Å²) < 4.78 is 0. The zero-order valence-electron chi connectivity index (χ0n) is 12.3. The van der Waals surface area contributed by atoms with Crippen LogP contribution in [-0.2, 0) is 5.41 Å². The standard InChI is InChI=1S/C17H26N2/c1-19(2)15-5-3-14(4-6-15)17-10-7-16(13-18,8-11-17)9-12-17/h3-6H,7-13,18H2,1-2H3. The van der Waals surface area contributed by atoms with Crippen LogP contribution in [0.2, 0.25) is 0 Å². The number of hydrogen-bond donors (Lipinski definition) is 1.